The average Bonchev–Trinajstić information content (AvgIpc) is 2.68. The van der Waals surface area contributed by atoms with Gasteiger partial charge in [0, 0.05) is 25.6 Å². The molecule has 1 aliphatic carbocycles. The van der Waals surface area contributed by atoms with Crippen molar-refractivity contribution in [2.24, 2.45) is 5.92 Å². The lowest BCUT2D eigenvalue weighted by atomic mass is 9.92. The Morgan fingerprint density at radius 3 is 2.30 bits per heavy atom. The van der Waals surface area contributed by atoms with E-state index in [0.717, 1.165) is 32.1 Å². The third-order valence-corrected chi connectivity index (χ3v) is 7.69. The first-order chi connectivity index (χ1) is 12.9. The van der Waals surface area contributed by atoms with Crippen LogP contribution in [0.2, 0.25) is 0 Å². The van der Waals surface area contributed by atoms with Crippen molar-refractivity contribution in [1.29, 1.82) is 0 Å². The van der Waals surface area contributed by atoms with Crippen LogP contribution in [-0.2, 0) is 14.8 Å². The maximum Gasteiger partial charge on any atom is 0.243 e. The minimum atomic E-state index is -3.57. The highest BCUT2D eigenvalue weighted by atomic mass is 32.2. The maximum absolute atomic E-state index is 13.0. The highest BCUT2D eigenvalue weighted by Crippen LogP contribution is 2.26. The molecule has 150 valence electrons. The van der Waals surface area contributed by atoms with E-state index in [-0.39, 0.29) is 10.8 Å². The second-order valence-corrected chi connectivity index (χ2v) is 9.68. The molecule has 1 aromatic carbocycles. The van der Waals surface area contributed by atoms with Crippen LogP contribution < -0.4 is 5.32 Å². The molecule has 2 fully saturated rings. The molecule has 0 aromatic heterocycles. The number of nitrogens with one attached hydrogen (secondary N) is 1. The summed E-state index contributed by atoms with van der Waals surface area (Å²) in [5.41, 5.74) is 0. The highest BCUT2D eigenvalue weighted by Gasteiger charge is 2.29. The van der Waals surface area contributed by atoms with Gasteiger partial charge in [-0.25, -0.2) is 12.8 Å². The van der Waals surface area contributed by atoms with Gasteiger partial charge in [-0.05, 0) is 62.3 Å². The molecular weight excluding hydrogens is 367 g/mol. The number of hydrogen-bond acceptors (Lipinski definition) is 3. The Morgan fingerprint density at radius 2 is 1.67 bits per heavy atom. The molecule has 1 aromatic rings. The first-order valence-electron chi connectivity index (χ1n) is 10.0. The van der Waals surface area contributed by atoms with Crippen molar-refractivity contribution in [3.8, 4) is 0 Å². The minimum Gasteiger partial charge on any atom is -0.353 e. The summed E-state index contributed by atoms with van der Waals surface area (Å²) in [5, 5.41) is 3.14. The molecule has 1 heterocycles. The number of carbonyl (C=O) groups is 1. The van der Waals surface area contributed by atoms with Gasteiger partial charge in [-0.1, -0.05) is 19.3 Å². The number of carbonyl (C=O) groups excluding carboxylic acids is 1. The van der Waals surface area contributed by atoms with E-state index < -0.39 is 15.8 Å². The number of hydrogen-bond donors (Lipinski definition) is 1. The quantitative estimate of drug-likeness (QED) is 0.801. The van der Waals surface area contributed by atoms with E-state index in [1.54, 1.807) is 0 Å². The van der Waals surface area contributed by atoms with Crippen LogP contribution in [0.1, 0.15) is 57.8 Å². The predicted octanol–water partition coefficient (Wildman–Crippen LogP) is 3.46. The van der Waals surface area contributed by atoms with Crippen LogP contribution in [0.3, 0.4) is 0 Å². The van der Waals surface area contributed by atoms with E-state index >= 15 is 0 Å². The van der Waals surface area contributed by atoms with Crippen LogP contribution in [-0.4, -0.2) is 37.8 Å². The second-order valence-electron chi connectivity index (χ2n) is 7.74. The fourth-order valence-electron chi connectivity index (χ4n) is 4.08. The van der Waals surface area contributed by atoms with E-state index in [2.05, 4.69) is 5.32 Å². The van der Waals surface area contributed by atoms with Crippen molar-refractivity contribution in [3.63, 3.8) is 0 Å². The average molecular weight is 397 g/mol. The normalized spacial score (nSPS) is 20.5. The van der Waals surface area contributed by atoms with Gasteiger partial charge in [-0.2, -0.15) is 4.31 Å². The van der Waals surface area contributed by atoms with Crippen molar-refractivity contribution >= 4 is 15.9 Å². The SMILES string of the molecule is O=C(CCC1CCN(S(=O)(=O)c2ccc(F)cc2)CC1)NC1CCCCC1. The van der Waals surface area contributed by atoms with Gasteiger partial charge < -0.3 is 5.32 Å². The van der Waals surface area contributed by atoms with Crippen molar-refractivity contribution in [2.75, 3.05) is 13.1 Å². The van der Waals surface area contributed by atoms with E-state index in [1.165, 1.54) is 47.8 Å². The predicted molar refractivity (Wildman–Crippen MR) is 102 cm³/mol. The summed E-state index contributed by atoms with van der Waals surface area (Å²) >= 11 is 0. The molecule has 1 amide bonds. The molecule has 0 radical (unpaired) electrons. The fourth-order valence-corrected chi connectivity index (χ4v) is 5.55. The van der Waals surface area contributed by atoms with Gasteiger partial charge in [-0.3, -0.25) is 4.79 Å². The molecule has 0 atom stereocenters. The molecule has 1 saturated heterocycles. The Kier molecular flexibility index (Phi) is 6.87. The summed E-state index contributed by atoms with van der Waals surface area (Å²) in [4.78, 5) is 12.3. The van der Waals surface area contributed by atoms with E-state index in [9.17, 15) is 17.6 Å². The standard InChI is InChI=1S/C20H29FN2O3S/c21-17-7-9-19(10-8-17)27(25,26)23-14-12-16(13-15-23)6-11-20(24)22-18-4-2-1-3-5-18/h7-10,16,18H,1-6,11-15H2,(H,22,24). The van der Waals surface area contributed by atoms with E-state index in [1.807, 2.05) is 0 Å². The van der Waals surface area contributed by atoms with E-state index in [4.69, 9.17) is 0 Å². The Bertz CT molecular complexity index is 722. The number of piperidine rings is 1. The molecule has 2 aliphatic rings. The minimum absolute atomic E-state index is 0.128. The molecule has 5 nitrogen and oxygen atoms in total. The van der Waals surface area contributed by atoms with Crippen LogP contribution in [0.25, 0.3) is 0 Å². The summed E-state index contributed by atoms with van der Waals surface area (Å²) < 4.78 is 39.8. The summed E-state index contributed by atoms with van der Waals surface area (Å²) in [6.07, 6.45) is 8.70. The lowest BCUT2D eigenvalue weighted by Gasteiger charge is -2.31. The molecule has 3 rings (SSSR count). The Balaban J connectivity index is 1.43. The summed E-state index contributed by atoms with van der Waals surface area (Å²) in [5.74, 6) is 0.0594. The number of rotatable bonds is 6. The zero-order valence-electron chi connectivity index (χ0n) is 15.7. The molecule has 7 heteroatoms. The fraction of sp³-hybridized carbons (Fsp3) is 0.650. The molecule has 0 bridgehead atoms. The van der Waals surface area contributed by atoms with Gasteiger partial charge in [0.25, 0.3) is 0 Å². The Labute approximate surface area is 161 Å². The summed E-state index contributed by atoms with van der Waals surface area (Å²) in [6, 6.07) is 5.31. The van der Waals surface area contributed by atoms with Gasteiger partial charge in [0.05, 0.1) is 4.90 Å². The largest absolute Gasteiger partial charge is 0.353 e. The zero-order chi connectivity index (χ0) is 19.3. The van der Waals surface area contributed by atoms with Crippen LogP contribution in [0.5, 0.6) is 0 Å². The first-order valence-corrected chi connectivity index (χ1v) is 11.4. The van der Waals surface area contributed by atoms with Crippen molar-refractivity contribution in [3.05, 3.63) is 30.1 Å². The molecule has 1 saturated carbocycles. The Morgan fingerprint density at radius 1 is 1.04 bits per heavy atom. The number of benzene rings is 1. The van der Waals surface area contributed by atoms with Gasteiger partial charge in [0.2, 0.25) is 15.9 Å². The lowest BCUT2D eigenvalue weighted by molar-refractivity contribution is -0.122. The molecular formula is C20H29FN2O3S. The third kappa shape index (κ3) is 5.51. The lowest BCUT2D eigenvalue weighted by Crippen LogP contribution is -2.39. The summed E-state index contributed by atoms with van der Waals surface area (Å²) in [7, 11) is -3.57. The number of halogens is 1. The number of nitrogens with zero attached hydrogens (tertiary/aromatic N) is 1. The highest BCUT2D eigenvalue weighted by molar-refractivity contribution is 7.89. The summed E-state index contributed by atoms with van der Waals surface area (Å²) in [6.45, 7) is 0.906. The molecule has 0 unspecified atom stereocenters. The van der Waals surface area contributed by atoms with Crippen LogP contribution >= 0.6 is 0 Å². The molecule has 1 N–H and O–H groups in total. The monoisotopic (exact) mass is 396 g/mol. The van der Waals surface area contributed by atoms with Crippen molar-refractivity contribution < 1.29 is 17.6 Å². The van der Waals surface area contributed by atoms with Crippen molar-refractivity contribution in [1.82, 2.24) is 9.62 Å². The van der Waals surface area contributed by atoms with Gasteiger partial charge in [-0.15, -0.1) is 0 Å². The van der Waals surface area contributed by atoms with Gasteiger partial charge >= 0.3 is 0 Å². The first kappa shape index (κ1) is 20.3. The third-order valence-electron chi connectivity index (χ3n) is 5.77. The smallest absolute Gasteiger partial charge is 0.243 e. The van der Waals surface area contributed by atoms with Crippen LogP contribution in [0, 0.1) is 11.7 Å². The molecule has 1 aliphatic heterocycles. The number of sulfonamides is 1. The molecule has 27 heavy (non-hydrogen) atoms. The van der Waals surface area contributed by atoms with Gasteiger partial charge in [0.1, 0.15) is 5.82 Å². The van der Waals surface area contributed by atoms with Crippen LogP contribution in [0.4, 0.5) is 4.39 Å². The van der Waals surface area contributed by atoms with Crippen LogP contribution in [0.15, 0.2) is 29.2 Å². The van der Waals surface area contributed by atoms with Gasteiger partial charge in [0.15, 0.2) is 0 Å². The Hall–Kier alpha value is -1.47. The number of amides is 1. The topological polar surface area (TPSA) is 66.5 Å². The second kappa shape index (κ2) is 9.15. The van der Waals surface area contributed by atoms with E-state index in [0.29, 0.717) is 31.5 Å². The maximum atomic E-state index is 13.0. The van der Waals surface area contributed by atoms with Crippen molar-refractivity contribution in [2.45, 2.75) is 68.7 Å². The zero-order valence-corrected chi connectivity index (χ0v) is 16.5. The molecule has 0 spiro atoms.